The maximum absolute atomic E-state index is 2.34. The van der Waals surface area contributed by atoms with Crippen LogP contribution in [0.5, 0.6) is 0 Å². The van der Waals surface area contributed by atoms with Crippen molar-refractivity contribution in [2.75, 3.05) is 19.6 Å². The van der Waals surface area contributed by atoms with Crippen LogP contribution in [-0.4, -0.2) is 0 Å². The number of aryl methyl sites for hydroxylation is 3. The van der Waals surface area contributed by atoms with Crippen molar-refractivity contribution in [2.45, 2.75) is 28.2 Å². The minimum Gasteiger partial charge on any atom is -0.310 e. The van der Waals surface area contributed by atoms with Gasteiger partial charge in [-0.05, 0) is 183 Å². The lowest BCUT2D eigenvalue weighted by Crippen LogP contribution is -2.14. The minimum absolute atomic E-state index is 0. The fourth-order valence-electron chi connectivity index (χ4n) is 8.07. The van der Waals surface area contributed by atoms with Gasteiger partial charge in [0.15, 0.2) is 0 Å². The van der Waals surface area contributed by atoms with Crippen LogP contribution in [0.25, 0.3) is 0 Å². The minimum atomic E-state index is 0. The van der Waals surface area contributed by atoms with Crippen LogP contribution in [0.15, 0.2) is 237 Å². The number of hydrogen-bond acceptors (Lipinski definition) is 4. The maximum atomic E-state index is 2.34. The van der Waals surface area contributed by atoms with Gasteiger partial charge in [-0.25, -0.2) is 0 Å². The van der Waals surface area contributed by atoms with Gasteiger partial charge in [0, 0.05) is 68.2 Å². The topological polar surface area (TPSA) is 13.0 Å². The van der Waals surface area contributed by atoms with Crippen molar-refractivity contribution in [2.24, 2.45) is 0 Å². The molecule has 304 valence electrons. The molecule has 0 aliphatic carbocycles. The smallest absolute Gasteiger partial charge is 0.0464 e. The van der Waals surface area contributed by atoms with Gasteiger partial charge in [0.1, 0.15) is 0 Å². The van der Waals surface area contributed by atoms with Gasteiger partial charge in [0.25, 0.3) is 0 Å². The summed E-state index contributed by atoms with van der Waals surface area (Å²) in [5, 5.41) is 0. The van der Waals surface area contributed by atoms with E-state index >= 15 is 0 Å². The average Bonchev–Trinajstić information content (AvgIpc) is 3.30. The molecule has 0 aliphatic heterocycles. The van der Waals surface area contributed by atoms with Crippen LogP contribution >= 0.6 is 0 Å². The van der Waals surface area contributed by atoms with E-state index in [0.29, 0.717) is 0 Å². The summed E-state index contributed by atoms with van der Waals surface area (Å²) >= 11 is 0. The Morgan fingerprint density at radius 1 is 0.194 bits per heavy atom. The van der Waals surface area contributed by atoms with E-state index in [-0.39, 0.29) is 7.43 Å². The predicted molar refractivity (Wildman–Crippen MR) is 266 cm³/mol. The number of rotatable bonds is 12. The lowest BCUT2D eigenvalue weighted by molar-refractivity contribution is 1.23. The van der Waals surface area contributed by atoms with Gasteiger partial charge in [-0.3, -0.25) is 0 Å². The molecule has 0 radical (unpaired) electrons. The summed E-state index contributed by atoms with van der Waals surface area (Å²) < 4.78 is 0. The quantitative estimate of drug-likeness (QED) is 0.122. The zero-order chi connectivity index (χ0) is 41.5. The molecule has 9 aromatic carbocycles. The van der Waals surface area contributed by atoms with Gasteiger partial charge in [-0.15, -0.1) is 0 Å². The summed E-state index contributed by atoms with van der Waals surface area (Å²) in [5.74, 6) is 0. The van der Waals surface area contributed by atoms with Gasteiger partial charge in [-0.2, -0.15) is 0 Å². The van der Waals surface area contributed by atoms with Crippen LogP contribution < -0.4 is 19.6 Å². The molecule has 9 aromatic rings. The Bertz CT molecular complexity index is 2510. The predicted octanol–water partition coefficient (Wildman–Crippen LogP) is 17.1. The zero-order valence-corrected chi connectivity index (χ0v) is 34.8. The second kappa shape index (κ2) is 18.6. The molecule has 0 atom stereocenters. The number of nitrogens with zero attached hydrogens (tertiary/aromatic N) is 4. The third-order valence-electron chi connectivity index (χ3n) is 10.9. The molecule has 0 heterocycles. The van der Waals surface area contributed by atoms with Crippen LogP contribution in [0.2, 0.25) is 0 Å². The van der Waals surface area contributed by atoms with Gasteiger partial charge in [-0.1, -0.05) is 98.4 Å². The Morgan fingerprint density at radius 3 is 0.581 bits per heavy atom. The van der Waals surface area contributed by atoms with E-state index in [9.17, 15) is 0 Å². The molecular weight excluding hydrogens is 753 g/mol. The van der Waals surface area contributed by atoms with E-state index in [1.54, 1.807) is 0 Å². The third kappa shape index (κ3) is 8.86. The molecule has 0 unspecified atom stereocenters. The summed E-state index contributed by atoms with van der Waals surface area (Å²) in [6, 6.07) is 84.5. The van der Waals surface area contributed by atoms with Crippen LogP contribution in [0.1, 0.15) is 24.1 Å². The number of anilines is 12. The molecule has 0 N–H and O–H groups in total. The Kier molecular flexibility index (Phi) is 12.3. The highest BCUT2D eigenvalue weighted by molar-refractivity contribution is 5.85. The van der Waals surface area contributed by atoms with E-state index in [2.05, 4.69) is 277 Å². The van der Waals surface area contributed by atoms with Gasteiger partial charge in [0.2, 0.25) is 0 Å². The van der Waals surface area contributed by atoms with Crippen LogP contribution in [0.3, 0.4) is 0 Å². The number of benzene rings is 9. The highest BCUT2D eigenvalue weighted by Crippen LogP contribution is 2.43. The van der Waals surface area contributed by atoms with E-state index in [1.165, 1.54) is 16.7 Å². The first-order valence-corrected chi connectivity index (χ1v) is 20.8. The third-order valence-corrected chi connectivity index (χ3v) is 10.9. The van der Waals surface area contributed by atoms with Crippen molar-refractivity contribution in [3.05, 3.63) is 253 Å². The van der Waals surface area contributed by atoms with Gasteiger partial charge >= 0.3 is 0 Å². The summed E-state index contributed by atoms with van der Waals surface area (Å²) in [7, 11) is 0. The van der Waals surface area contributed by atoms with Gasteiger partial charge in [0.05, 0.1) is 0 Å². The van der Waals surface area contributed by atoms with Crippen LogP contribution in [0, 0.1) is 20.8 Å². The molecule has 4 nitrogen and oxygen atoms in total. The largest absolute Gasteiger partial charge is 0.310 e. The van der Waals surface area contributed by atoms with Crippen LogP contribution in [-0.2, 0) is 0 Å². The fraction of sp³-hybridized carbons (Fsp3) is 0.0690. The van der Waals surface area contributed by atoms with E-state index in [0.717, 1.165) is 68.2 Å². The van der Waals surface area contributed by atoms with E-state index < -0.39 is 0 Å². The van der Waals surface area contributed by atoms with Crippen LogP contribution in [0.4, 0.5) is 68.2 Å². The molecule has 0 saturated heterocycles. The standard InChI is InChI=1S/C57H48N4.CH4/c1-43-16-13-25-55(40-43)59(46-19-7-4-8-20-46)52-34-28-49(29-35-52)58(50-30-36-53(37-31-50)60(47-21-9-5-10-22-47)56-26-14-17-44(2)41-56)51-32-38-54(39-33-51)61(48-23-11-6-12-24-48)57-27-15-18-45(3)42-57;/h4-42H,1-3H3;1H4. The van der Waals surface area contributed by atoms with E-state index in [1.807, 2.05) is 0 Å². The molecule has 9 rings (SSSR count). The maximum Gasteiger partial charge on any atom is 0.0464 e. The molecule has 0 aliphatic rings. The van der Waals surface area contributed by atoms with Gasteiger partial charge < -0.3 is 19.6 Å². The van der Waals surface area contributed by atoms with Crippen molar-refractivity contribution in [1.82, 2.24) is 0 Å². The molecule has 0 saturated carbocycles. The molecule has 62 heavy (non-hydrogen) atoms. The summed E-state index contributed by atoms with van der Waals surface area (Å²) in [6.45, 7) is 6.43. The SMILES string of the molecule is C.Cc1cccc(N(c2ccccc2)c2ccc(N(c3ccc(N(c4ccccc4)c4cccc(C)c4)cc3)c3ccc(N(c4ccccc4)c4cccc(C)c4)cc3)cc2)c1. The molecule has 0 bridgehead atoms. The highest BCUT2D eigenvalue weighted by Gasteiger charge is 2.19. The lowest BCUT2D eigenvalue weighted by atomic mass is 10.1. The molecule has 4 heteroatoms. The number of hydrogen-bond donors (Lipinski definition) is 0. The number of para-hydroxylation sites is 3. The first-order chi connectivity index (χ1) is 30.0. The highest BCUT2D eigenvalue weighted by atomic mass is 15.2. The normalized spacial score (nSPS) is 10.7. The average molecular weight is 805 g/mol. The first kappa shape index (κ1) is 40.9. The zero-order valence-electron chi connectivity index (χ0n) is 34.8. The van der Waals surface area contributed by atoms with Crippen molar-refractivity contribution in [3.8, 4) is 0 Å². The second-order valence-corrected chi connectivity index (χ2v) is 15.4. The monoisotopic (exact) mass is 804 g/mol. The summed E-state index contributed by atoms with van der Waals surface area (Å²) in [6.07, 6.45) is 0. The Labute approximate surface area is 367 Å². The first-order valence-electron chi connectivity index (χ1n) is 20.8. The summed E-state index contributed by atoms with van der Waals surface area (Å²) in [4.78, 5) is 9.29. The summed E-state index contributed by atoms with van der Waals surface area (Å²) in [5.41, 5.74) is 16.7. The molecule has 0 aromatic heterocycles. The van der Waals surface area contributed by atoms with Crippen molar-refractivity contribution in [1.29, 1.82) is 0 Å². The lowest BCUT2D eigenvalue weighted by Gasteiger charge is -2.30. The Balaban J connectivity index is 0.00000529. The molecule has 0 spiro atoms. The Hall–Kier alpha value is -7.82. The van der Waals surface area contributed by atoms with Crippen molar-refractivity contribution < 1.29 is 0 Å². The fourth-order valence-corrected chi connectivity index (χ4v) is 8.07. The van der Waals surface area contributed by atoms with E-state index in [4.69, 9.17) is 0 Å². The van der Waals surface area contributed by atoms with Crippen molar-refractivity contribution >= 4 is 68.2 Å². The molecular formula is C58H52N4. The second-order valence-electron chi connectivity index (χ2n) is 15.4. The molecule has 0 amide bonds. The van der Waals surface area contributed by atoms with Crippen molar-refractivity contribution in [3.63, 3.8) is 0 Å². The molecule has 0 fully saturated rings. The Morgan fingerprint density at radius 2 is 0.371 bits per heavy atom.